The smallest absolute Gasteiger partial charge is 0.338 e. The molecule has 0 radical (unpaired) electrons. The van der Waals surface area contributed by atoms with Gasteiger partial charge in [-0.25, -0.2) is 14.4 Å². The van der Waals surface area contributed by atoms with Gasteiger partial charge in [0, 0.05) is 6.61 Å². The summed E-state index contributed by atoms with van der Waals surface area (Å²) < 4.78 is 29.7. The Bertz CT molecular complexity index is 1270. The minimum atomic E-state index is -1.37. The Balaban J connectivity index is 1.68. The lowest BCUT2D eigenvalue weighted by atomic mass is 9.97. The van der Waals surface area contributed by atoms with Gasteiger partial charge in [0.2, 0.25) is 0 Å². The van der Waals surface area contributed by atoms with Crippen LogP contribution in [0.3, 0.4) is 0 Å². The number of aliphatic hydroxyl groups is 1. The van der Waals surface area contributed by atoms with E-state index < -0.39 is 55.2 Å². The summed E-state index contributed by atoms with van der Waals surface area (Å²) in [7, 11) is 0. The minimum Gasteiger partial charge on any atom is -0.452 e. The van der Waals surface area contributed by atoms with Gasteiger partial charge in [-0.1, -0.05) is 80.8 Å². The lowest BCUT2D eigenvalue weighted by molar-refractivity contribution is -0.298. The standard InChI is InChI=1S/C33H36O9/c1-2-3-4-14-21-38-33-29(42-32(37)25-19-12-7-13-20-25)28(41-31(36)24-17-10-6-11-18-24)27(26(22-34)39-33)40-30(35)23-15-8-5-9-16-23/h5-13,15-20,26-29,33-34H,2-4,14,21-22H2,1H3/t26-,27-,28+,29-,33-/m1/s1. The van der Waals surface area contributed by atoms with Crippen LogP contribution in [0, 0.1) is 0 Å². The summed E-state index contributed by atoms with van der Waals surface area (Å²) >= 11 is 0. The fourth-order valence-corrected chi connectivity index (χ4v) is 4.59. The zero-order chi connectivity index (χ0) is 29.7. The summed E-state index contributed by atoms with van der Waals surface area (Å²) in [5.41, 5.74) is 0.742. The minimum absolute atomic E-state index is 0.239. The number of unbranched alkanes of at least 4 members (excludes halogenated alkanes) is 3. The molecule has 1 saturated heterocycles. The fourth-order valence-electron chi connectivity index (χ4n) is 4.59. The van der Waals surface area contributed by atoms with Crippen molar-refractivity contribution in [2.45, 2.75) is 63.3 Å². The van der Waals surface area contributed by atoms with Gasteiger partial charge < -0.3 is 28.8 Å². The fraction of sp³-hybridized carbons (Fsp3) is 0.364. The first-order valence-corrected chi connectivity index (χ1v) is 14.2. The van der Waals surface area contributed by atoms with Crippen molar-refractivity contribution < 1.29 is 43.2 Å². The molecular weight excluding hydrogens is 540 g/mol. The number of hydrogen-bond donors (Lipinski definition) is 1. The van der Waals surface area contributed by atoms with Crippen molar-refractivity contribution in [3.63, 3.8) is 0 Å². The number of carbonyl (C=O) groups is 3. The molecular formula is C33H36O9. The first kappa shape index (κ1) is 30.9. The highest BCUT2D eigenvalue weighted by Gasteiger charge is 2.53. The van der Waals surface area contributed by atoms with E-state index in [4.69, 9.17) is 23.7 Å². The molecule has 0 unspecified atom stereocenters. The number of ether oxygens (including phenoxy) is 5. The Labute approximate surface area is 245 Å². The molecule has 9 heteroatoms. The Hall–Kier alpha value is -4.05. The first-order chi connectivity index (χ1) is 20.5. The highest BCUT2D eigenvalue weighted by atomic mass is 16.7. The molecule has 4 rings (SSSR count). The maximum Gasteiger partial charge on any atom is 0.338 e. The summed E-state index contributed by atoms with van der Waals surface area (Å²) in [4.78, 5) is 39.7. The van der Waals surface area contributed by atoms with Gasteiger partial charge in [0.05, 0.1) is 23.3 Å². The van der Waals surface area contributed by atoms with Crippen molar-refractivity contribution in [1.29, 1.82) is 0 Å². The molecule has 42 heavy (non-hydrogen) atoms. The summed E-state index contributed by atoms with van der Waals surface area (Å²) in [6, 6.07) is 24.8. The molecule has 0 aliphatic carbocycles. The Morgan fingerprint density at radius 2 is 1.10 bits per heavy atom. The molecule has 1 N–H and O–H groups in total. The average molecular weight is 577 g/mol. The molecule has 0 spiro atoms. The molecule has 1 aliphatic heterocycles. The number of hydrogen-bond acceptors (Lipinski definition) is 9. The molecule has 0 amide bonds. The van der Waals surface area contributed by atoms with Crippen molar-refractivity contribution in [3.05, 3.63) is 108 Å². The van der Waals surface area contributed by atoms with Crippen molar-refractivity contribution in [2.75, 3.05) is 13.2 Å². The van der Waals surface area contributed by atoms with Crippen LogP contribution in [-0.2, 0) is 23.7 Å². The van der Waals surface area contributed by atoms with Crippen LogP contribution < -0.4 is 0 Å². The molecule has 3 aromatic carbocycles. The predicted molar refractivity (Wildman–Crippen MR) is 153 cm³/mol. The van der Waals surface area contributed by atoms with E-state index in [0.717, 1.165) is 25.7 Å². The van der Waals surface area contributed by atoms with Crippen LogP contribution in [0.25, 0.3) is 0 Å². The molecule has 0 aromatic heterocycles. The number of esters is 3. The largest absolute Gasteiger partial charge is 0.452 e. The van der Waals surface area contributed by atoms with Crippen LogP contribution in [0.2, 0.25) is 0 Å². The summed E-state index contributed by atoms with van der Waals surface area (Å²) in [5.74, 6) is -2.17. The monoisotopic (exact) mass is 576 g/mol. The van der Waals surface area contributed by atoms with Crippen LogP contribution in [0.1, 0.15) is 63.7 Å². The second-order valence-corrected chi connectivity index (χ2v) is 9.86. The van der Waals surface area contributed by atoms with E-state index in [1.54, 1.807) is 91.0 Å². The molecule has 1 fully saturated rings. The second kappa shape index (κ2) is 15.8. The van der Waals surface area contributed by atoms with Gasteiger partial charge >= 0.3 is 17.9 Å². The lowest BCUT2D eigenvalue weighted by Crippen LogP contribution is -2.63. The number of carbonyl (C=O) groups excluding carboxylic acids is 3. The second-order valence-electron chi connectivity index (χ2n) is 9.86. The molecule has 1 aliphatic rings. The Morgan fingerprint density at radius 3 is 1.55 bits per heavy atom. The van der Waals surface area contributed by atoms with Gasteiger partial charge in [-0.2, -0.15) is 0 Å². The van der Waals surface area contributed by atoms with Crippen molar-refractivity contribution in [1.82, 2.24) is 0 Å². The topological polar surface area (TPSA) is 118 Å². The normalized spacial score (nSPS) is 21.7. The molecule has 9 nitrogen and oxygen atoms in total. The predicted octanol–water partition coefficient (Wildman–Crippen LogP) is 4.98. The maximum absolute atomic E-state index is 13.3. The molecule has 5 atom stereocenters. The number of benzene rings is 3. The first-order valence-electron chi connectivity index (χ1n) is 14.2. The maximum atomic E-state index is 13.3. The van der Waals surface area contributed by atoms with Gasteiger partial charge in [-0.05, 0) is 42.8 Å². The highest BCUT2D eigenvalue weighted by Crippen LogP contribution is 2.31. The Morgan fingerprint density at radius 1 is 0.643 bits per heavy atom. The summed E-state index contributed by atoms with van der Waals surface area (Å²) in [6.07, 6.45) is -2.68. The van der Waals surface area contributed by atoms with Crippen molar-refractivity contribution in [3.8, 4) is 0 Å². The van der Waals surface area contributed by atoms with Gasteiger partial charge in [0.1, 0.15) is 6.10 Å². The zero-order valence-corrected chi connectivity index (χ0v) is 23.5. The van der Waals surface area contributed by atoms with Crippen molar-refractivity contribution >= 4 is 17.9 Å². The molecule has 222 valence electrons. The number of aliphatic hydroxyl groups excluding tert-OH is 1. The highest BCUT2D eigenvalue weighted by molar-refractivity contribution is 5.91. The summed E-state index contributed by atoms with van der Waals surface area (Å²) in [6.45, 7) is 1.79. The van der Waals surface area contributed by atoms with E-state index in [1.165, 1.54) is 0 Å². The van der Waals surface area contributed by atoms with E-state index in [9.17, 15) is 19.5 Å². The van der Waals surface area contributed by atoms with E-state index >= 15 is 0 Å². The van der Waals surface area contributed by atoms with Gasteiger partial charge in [-0.3, -0.25) is 0 Å². The van der Waals surface area contributed by atoms with E-state index in [0.29, 0.717) is 0 Å². The molecule has 0 saturated carbocycles. The zero-order valence-electron chi connectivity index (χ0n) is 23.5. The SMILES string of the molecule is CCCCCCO[C@@H]1O[C@H](CO)[C@@H](OC(=O)c2ccccc2)[C@H](OC(=O)c2ccccc2)[C@H]1OC(=O)c1ccccc1. The van der Waals surface area contributed by atoms with Gasteiger partial charge in [-0.15, -0.1) is 0 Å². The molecule has 1 heterocycles. The third kappa shape index (κ3) is 8.25. The quantitative estimate of drug-likeness (QED) is 0.171. The van der Waals surface area contributed by atoms with Crippen LogP contribution in [-0.4, -0.2) is 66.9 Å². The van der Waals surface area contributed by atoms with E-state index in [-0.39, 0.29) is 23.3 Å². The van der Waals surface area contributed by atoms with Crippen LogP contribution in [0.4, 0.5) is 0 Å². The van der Waals surface area contributed by atoms with Crippen LogP contribution >= 0.6 is 0 Å². The number of rotatable bonds is 13. The molecule has 3 aromatic rings. The Kier molecular flexibility index (Phi) is 11.6. The van der Waals surface area contributed by atoms with E-state index in [1.807, 2.05) is 0 Å². The third-order valence-electron chi connectivity index (χ3n) is 6.81. The summed E-state index contributed by atoms with van der Waals surface area (Å²) in [5, 5.41) is 10.3. The van der Waals surface area contributed by atoms with Crippen LogP contribution in [0.15, 0.2) is 91.0 Å². The third-order valence-corrected chi connectivity index (χ3v) is 6.81. The van der Waals surface area contributed by atoms with Gasteiger partial charge in [0.15, 0.2) is 24.6 Å². The van der Waals surface area contributed by atoms with E-state index in [2.05, 4.69) is 6.92 Å². The average Bonchev–Trinajstić information content (AvgIpc) is 3.04. The lowest BCUT2D eigenvalue weighted by Gasteiger charge is -2.44. The molecule has 0 bridgehead atoms. The van der Waals surface area contributed by atoms with Crippen LogP contribution in [0.5, 0.6) is 0 Å². The van der Waals surface area contributed by atoms with Gasteiger partial charge in [0.25, 0.3) is 0 Å². The van der Waals surface area contributed by atoms with Crippen molar-refractivity contribution in [2.24, 2.45) is 0 Å².